The van der Waals surface area contributed by atoms with Gasteiger partial charge in [0.2, 0.25) is 5.91 Å². The number of aromatic nitrogens is 2. The first-order valence-electron chi connectivity index (χ1n) is 8.51. The van der Waals surface area contributed by atoms with E-state index >= 15 is 0 Å². The van der Waals surface area contributed by atoms with Gasteiger partial charge in [-0.05, 0) is 36.4 Å². The maximum Gasteiger partial charge on any atom is 0.321 e. The van der Waals surface area contributed by atoms with Gasteiger partial charge in [-0.15, -0.1) is 0 Å². The molecule has 0 bridgehead atoms. The second-order valence-electron chi connectivity index (χ2n) is 6.17. The lowest BCUT2D eigenvalue weighted by molar-refractivity contribution is -0.116. The van der Waals surface area contributed by atoms with Gasteiger partial charge in [-0.3, -0.25) is 19.1 Å². The quantitative estimate of drug-likeness (QED) is 0.735. The fourth-order valence-corrected chi connectivity index (χ4v) is 3.02. The summed E-state index contributed by atoms with van der Waals surface area (Å²) in [6.45, 7) is 1.10. The zero-order valence-corrected chi connectivity index (χ0v) is 14.4. The monoisotopic (exact) mass is 363 g/mol. The molecule has 2 aromatic carbocycles. The summed E-state index contributed by atoms with van der Waals surface area (Å²) in [7, 11) is 0. The average Bonchev–Trinajstić information content (AvgIpc) is 3.11. The predicted molar refractivity (Wildman–Crippen MR) is 102 cm³/mol. The van der Waals surface area contributed by atoms with Crippen LogP contribution >= 0.6 is 0 Å². The van der Waals surface area contributed by atoms with E-state index in [1.54, 1.807) is 53.4 Å². The summed E-state index contributed by atoms with van der Waals surface area (Å²) in [6.07, 6.45) is 1.37. The van der Waals surface area contributed by atoms with Gasteiger partial charge in [0.15, 0.2) is 0 Å². The first-order valence-corrected chi connectivity index (χ1v) is 8.51. The van der Waals surface area contributed by atoms with Gasteiger partial charge in [0, 0.05) is 24.5 Å². The number of amides is 3. The van der Waals surface area contributed by atoms with Gasteiger partial charge in [-0.25, -0.2) is 9.78 Å². The van der Waals surface area contributed by atoms with E-state index in [1.165, 1.54) is 10.9 Å². The molecule has 0 spiro atoms. The van der Waals surface area contributed by atoms with Crippen molar-refractivity contribution in [2.45, 2.75) is 6.54 Å². The number of anilines is 2. The normalized spacial score (nSPS) is 13.6. The Kier molecular flexibility index (Phi) is 4.29. The number of carbonyl (C=O) groups is 2. The Hall–Kier alpha value is -3.68. The lowest BCUT2D eigenvalue weighted by Gasteiger charge is -2.15. The number of carbonyl (C=O) groups excluding carboxylic acids is 2. The average molecular weight is 363 g/mol. The van der Waals surface area contributed by atoms with Gasteiger partial charge in [0.1, 0.15) is 6.54 Å². The zero-order chi connectivity index (χ0) is 18.8. The molecule has 1 fully saturated rings. The minimum atomic E-state index is -0.333. The molecular weight excluding hydrogens is 346 g/mol. The van der Waals surface area contributed by atoms with Crippen LogP contribution in [-0.2, 0) is 11.3 Å². The molecule has 0 saturated carbocycles. The SMILES string of the molecule is O=C(Cn1cnc2ccccc2c1=O)Nc1ccc(N2CCNC2=O)cc1. The third-order valence-corrected chi connectivity index (χ3v) is 4.36. The van der Waals surface area contributed by atoms with Gasteiger partial charge in [-0.1, -0.05) is 12.1 Å². The van der Waals surface area contributed by atoms with Crippen molar-refractivity contribution in [3.63, 3.8) is 0 Å². The molecular formula is C19H17N5O3. The van der Waals surface area contributed by atoms with E-state index < -0.39 is 0 Å². The van der Waals surface area contributed by atoms with E-state index in [2.05, 4.69) is 15.6 Å². The van der Waals surface area contributed by atoms with E-state index in [9.17, 15) is 14.4 Å². The van der Waals surface area contributed by atoms with Gasteiger partial charge in [0.05, 0.1) is 17.2 Å². The summed E-state index contributed by atoms with van der Waals surface area (Å²) < 4.78 is 1.28. The van der Waals surface area contributed by atoms with Crippen LogP contribution in [0.25, 0.3) is 10.9 Å². The largest absolute Gasteiger partial charge is 0.336 e. The zero-order valence-electron chi connectivity index (χ0n) is 14.4. The van der Waals surface area contributed by atoms with E-state index in [0.717, 1.165) is 5.69 Å². The molecule has 0 aliphatic carbocycles. The van der Waals surface area contributed by atoms with E-state index in [-0.39, 0.29) is 24.0 Å². The van der Waals surface area contributed by atoms with Crippen LogP contribution in [0.4, 0.5) is 16.2 Å². The fraction of sp³-hybridized carbons (Fsp3) is 0.158. The summed E-state index contributed by atoms with van der Waals surface area (Å²) >= 11 is 0. The molecule has 27 heavy (non-hydrogen) atoms. The number of rotatable bonds is 4. The smallest absolute Gasteiger partial charge is 0.321 e. The highest BCUT2D eigenvalue weighted by Gasteiger charge is 2.20. The number of fused-ring (bicyclic) bond motifs is 1. The Bertz CT molecular complexity index is 1070. The van der Waals surface area contributed by atoms with Crippen LogP contribution in [0.2, 0.25) is 0 Å². The topological polar surface area (TPSA) is 96.3 Å². The summed E-state index contributed by atoms with van der Waals surface area (Å²) in [5.41, 5.74) is 1.69. The summed E-state index contributed by atoms with van der Waals surface area (Å²) in [5, 5.41) is 5.96. The first-order chi connectivity index (χ1) is 13.1. The summed E-state index contributed by atoms with van der Waals surface area (Å²) in [5.74, 6) is -0.333. The van der Waals surface area contributed by atoms with Crippen molar-refractivity contribution in [3.05, 3.63) is 65.2 Å². The van der Waals surface area contributed by atoms with Crippen LogP contribution in [0.3, 0.4) is 0 Å². The van der Waals surface area contributed by atoms with Gasteiger partial charge < -0.3 is 10.6 Å². The molecule has 0 radical (unpaired) electrons. The fourth-order valence-electron chi connectivity index (χ4n) is 3.02. The lowest BCUT2D eigenvalue weighted by Crippen LogP contribution is -2.28. The molecule has 4 rings (SSSR count). The number of urea groups is 1. The standard InChI is InChI=1S/C19H17N5O3/c25-17(11-23-12-21-16-4-2-1-3-15(16)18(23)26)22-13-5-7-14(8-6-13)24-10-9-20-19(24)27/h1-8,12H,9-11H2,(H,20,27)(H,22,25). The highest BCUT2D eigenvalue weighted by molar-refractivity contribution is 5.95. The molecule has 2 heterocycles. The number of nitrogens with one attached hydrogen (secondary N) is 2. The molecule has 1 aliphatic heterocycles. The molecule has 3 aromatic rings. The van der Waals surface area contributed by atoms with Crippen LogP contribution in [0, 0.1) is 0 Å². The molecule has 0 atom stereocenters. The van der Waals surface area contributed by atoms with Crippen LogP contribution < -0.4 is 21.1 Å². The second-order valence-corrected chi connectivity index (χ2v) is 6.17. The number of hydrogen-bond acceptors (Lipinski definition) is 4. The minimum Gasteiger partial charge on any atom is -0.336 e. The van der Waals surface area contributed by atoms with Crippen molar-refractivity contribution >= 4 is 34.2 Å². The van der Waals surface area contributed by atoms with Crippen LogP contribution in [-0.4, -0.2) is 34.6 Å². The number of benzene rings is 2. The highest BCUT2D eigenvalue weighted by Crippen LogP contribution is 2.19. The molecule has 3 amide bonds. The number of para-hydroxylation sites is 1. The van der Waals surface area contributed by atoms with Gasteiger partial charge in [0.25, 0.3) is 5.56 Å². The van der Waals surface area contributed by atoms with Crippen LogP contribution in [0.15, 0.2) is 59.7 Å². The van der Waals surface area contributed by atoms with Crippen molar-refractivity contribution in [2.75, 3.05) is 23.3 Å². The molecule has 1 aliphatic rings. The minimum absolute atomic E-state index is 0.130. The Labute approximate surface area is 154 Å². The summed E-state index contributed by atoms with van der Waals surface area (Å²) in [4.78, 5) is 42.2. The summed E-state index contributed by atoms with van der Waals surface area (Å²) in [6, 6.07) is 13.9. The van der Waals surface area contributed by atoms with Gasteiger partial charge >= 0.3 is 6.03 Å². The Morgan fingerprint density at radius 2 is 1.89 bits per heavy atom. The van der Waals surface area contributed by atoms with Crippen molar-refractivity contribution in [2.24, 2.45) is 0 Å². The predicted octanol–water partition coefficient (Wildman–Crippen LogP) is 1.56. The Morgan fingerprint density at radius 3 is 2.63 bits per heavy atom. The van der Waals surface area contributed by atoms with Crippen LogP contribution in [0.5, 0.6) is 0 Å². The van der Waals surface area contributed by atoms with Crippen molar-refractivity contribution < 1.29 is 9.59 Å². The lowest BCUT2D eigenvalue weighted by atomic mass is 10.2. The van der Waals surface area contributed by atoms with E-state index in [1.807, 2.05) is 0 Å². The number of nitrogens with zero attached hydrogens (tertiary/aromatic N) is 3. The molecule has 1 aromatic heterocycles. The first kappa shape index (κ1) is 16.8. The van der Waals surface area contributed by atoms with Crippen LogP contribution in [0.1, 0.15) is 0 Å². The maximum absolute atomic E-state index is 12.4. The van der Waals surface area contributed by atoms with E-state index in [0.29, 0.717) is 29.7 Å². The molecule has 136 valence electrons. The van der Waals surface area contributed by atoms with Gasteiger partial charge in [-0.2, -0.15) is 0 Å². The molecule has 2 N–H and O–H groups in total. The maximum atomic E-state index is 12.4. The van der Waals surface area contributed by atoms with Crippen molar-refractivity contribution in [3.8, 4) is 0 Å². The number of hydrogen-bond donors (Lipinski definition) is 2. The van der Waals surface area contributed by atoms with Crippen molar-refractivity contribution in [1.29, 1.82) is 0 Å². The molecule has 8 heteroatoms. The third-order valence-electron chi connectivity index (χ3n) is 4.36. The highest BCUT2D eigenvalue weighted by atomic mass is 16.2. The Balaban J connectivity index is 1.46. The third kappa shape index (κ3) is 3.37. The van der Waals surface area contributed by atoms with E-state index in [4.69, 9.17) is 0 Å². The molecule has 8 nitrogen and oxygen atoms in total. The Morgan fingerprint density at radius 1 is 1.11 bits per heavy atom. The molecule has 1 saturated heterocycles. The van der Waals surface area contributed by atoms with Crippen molar-refractivity contribution in [1.82, 2.24) is 14.9 Å². The second kappa shape index (κ2) is 6.91. The molecule has 0 unspecified atom stereocenters.